The molecule has 2 heteroatoms. The van der Waals surface area contributed by atoms with Crippen molar-refractivity contribution in [3.05, 3.63) is 65.7 Å². The monoisotopic (exact) mass is 337 g/mol. The standard InChI is InChI=1S/C23H32N2/c1-6-25(7-2)20-16-14-19(15-17-20)11-10-18-23(3,4)21-12-8-9-13-22(21)24-5/h8-17,24H,6-7,18H2,1-5H3/p+1/b11-10+. The Morgan fingerprint density at radius 3 is 2.20 bits per heavy atom. The second-order valence-electron chi connectivity index (χ2n) is 7.13. The first kappa shape index (κ1) is 19.3. The summed E-state index contributed by atoms with van der Waals surface area (Å²) in [7, 11) is 2.11. The number of allylic oxidation sites excluding steroid dienone is 1. The van der Waals surface area contributed by atoms with E-state index in [4.69, 9.17) is 0 Å². The molecular weight excluding hydrogens is 304 g/mol. The van der Waals surface area contributed by atoms with Crippen LogP contribution in [0.25, 0.3) is 6.08 Å². The van der Waals surface area contributed by atoms with Crippen LogP contribution >= 0.6 is 0 Å². The molecule has 134 valence electrons. The summed E-state index contributed by atoms with van der Waals surface area (Å²) in [5.41, 5.74) is 5.45. The molecular formula is C23H33N2+. The minimum atomic E-state index is 0.126. The summed E-state index contributed by atoms with van der Waals surface area (Å²) >= 11 is 0. The summed E-state index contributed by atoms with van der Waals surface area (Å²) in [5, 5.41) is 2.20. The fourth-order valence-corrected chi connectivity index (χ4v) is 3.35. The molecule has 0 radical (unpaired) electrons. The molecule has 0 spiro atoms. The van der Waals surface area contributed by atoms with Crippen LogP contribution in [-0.2, 0) is 5.41 Å². The minimum Gasteiger partial charge on any atom is -0.372 e. The highest BCUT2D eigenvalue weighted by Crippen LogP contribution is 2.31. The molecule has 0 bridgehead atoms. The van der Waals surface area contributed by atoms with E-state index in [1.54, 1.807) is 0 Å². The van der Waals surface area contributed by atoms with E-state index in [9.17, 15) is 0 Å². The van der Waals surface area contributed by atoms with Gasteiger partial charge in [-0.3, -0.25) is 0 Å². The van der Waals surface area contributed by atoms with Gasteiger partial charge < -0.3 is 10.2 Å². The van der Waals surface area contributed by atoms with Gasteiger partial charge in [0.2, 0.25) is 0 Å². The minimum absolute atomic E-state index is 0.126. The number of nitrogens with two attached hydrogens (primary N) is 1. The van der Waals surface area contributed by atoms with E-state index in [1.165, 1.54) is 22.5 Å². The van der Waals surface area contributed by atoms with Crippen LogP contribution in [0, 0.1) is 0 Å². The number of hydrogen-bond donors (Lipinski definition) is 1. The zero-order valence-corrected chi connectivity index (χ0v) is 16.4. The van der Waals surface area contributed by atoms with Crippen molar-refractivity contribution in [3.8, 4) is 0 Å². The maximum absolute atomic E-state index is 2.37. The Balaban J connectivity index is 2.07. The van der Waals surface area contributed by atoms with Gasteiger partial charge in [0.15, 0.2) is 0 Å². The van der Waals surface area contributed by atoms with E-state index < -0.39 is 0 Å². The molecule has 0 amide bonds. The smallest absolute Gasteiger partial charge is 0.133 e. The van der Waals surface area contributed by atoms with Crippen LogP contribution in [0.5, 0.6) is 0 Å². The summed E-state index contributed by atoms with van der Waals surface area (Å²) in [5.74, 6) is 0. The number of para-hydroxylation sites is 1. The van der Waals surface area contributed by atoms with Crippen molar-refractivity contribution in [2.24, 2.45) is 0 Å². The van der Waals surface area contributed by atoms with Crippen molar-refractivity contribution in [3.63, 3.8) is 0 Å². The van der Waals surface area contributed by atoms with Gasteiger partial charge in [-0.25, -0.2) is 0 Å². The molecule has 2 aromatic carbocycles. The largest absolute Gasteiger partial charge is 0.372 e. The molecule has 2 aromatic rings. The van der Waals surface area contributed by atoms with Gasteiger partial charge in [0.25, 0.3) is 0 Å². The van der Waals surface area contributed by atoms with Crippen LogP contribution in [0.2, 0.25) is 0 Å². The molecule has 0 atom stereocenters. The van der Waals surface area contributed by atoms with Crippen molar-refractivity contribution < 1.29 is 5.32 Å². The van der Waals surface area contributed by atoms with E-state index in [2.05, 4.69) is 106 Å². The number of rotatable bonds is 8. The van der Waals surface area contributed by atoms with Gasteiger partial charge in [0.05, 0.1) is 7.05 Å². The van der Waals surface area contributed by atoms with Crippen molar-refractivity contribution in [2.45, 2.75) is 39.5 Å². The van der Waals surface area contributed by atoms with Crippen LogP contribution < -0.4 is 10.2 Å². The Morgan fingerprint density at radius 2 is 1.60 bits per heavy atom. The highest BCUT2D eigenvalue weighted by atomic mass is 15.1. The lowest BCUT2D eigenvalue weighted by molar-refractivity contribution is -0.540. The van der Waals surface area contributed by atoms with Crippen LogP contribution in [-0.4, -0.2) is 20.1 Å². The van der Waals surface area contributed by atoms with Gasteiger partial charge in [-0.2, -0.15) is 0 Å². The lowest BCUT2D eigenvalue weighted by Crippen LogP contribution is -2.73. The third kappa shape index (κ3) is 4.96. The number of benzene rings is 2. The highest BCUT2D eigenvalue weighted by Gasteiger charge is 2.23. The molecule has 0 heterocycles. The molecule has 0 aliphatic heterocycles. The fourth-order valence-electron chi connectivity index (χ4n) is 3.35. The van der Waals surface area contributed by atoms with Gasteiger partial charge in [-0.15, -0.1) is 0 Å². The van der Waals surface area contributed by atoms with Gasteiger partial charge in [0.1, 0.15) is 5.69 Å². The first-order valence-corrected chi connectivity index (χ1v) is 9.42. The normalized spacial score (nSPS) is 11.9. The van der Waals surface area contributed by atoms with Crippen molar-refractivity contribution in [1.82, 2.24) is 0 Å². The molecule has 0 aliphatic carbocycles. The van der Waals surface area contributed by atoms with E-state index in [0.717, 1.165) is 19.5 Å². The molecule has 0 aromatic heterocycles. The lowest BCUT2D eigenvalue weighted by Gasteiger charge is -2.24. The molecule has 25 heavy (non-hydrogen) atoms. The van der Waals surface area contributed by atoms with Crippen LogP contribution in [0.4, 0.5) is 11.4 Å². The van der Waals surface area contributed by atoms with Crippen molar-refractivity contribution in [1.29, 1.82) is 0 Å². The zero-order chi connectivity index (χ0) is 18.3. The van der Waals surface area contributed by atoms with Crippen molar-refractivity contribution >= 4 is 17.5 Å². The summed E-state index contributed by atoms with van der Waals surface area (Å²) in [4.78, 5) is 2.37. The van der Waals surface area contributed by atoms with Crippen molar-refractivity contribution in [2.75, 3.05) is 25.0 Å². The molecule has 2 N–H and O–H groups in total. The molecule has 2 rings (SSSR count). The lowest BCUT2D eigenvalue weighted by atomic mass is 9.80. The Morgan fingerprint density at radius 1 is 0.960 bits per heavy atom. The Labute approximate surface area is 153 Å². The number of anilines is 1. The Bertz CT molecular complexity index is 679. The molecule has 0 saturated heterocycles. The van der Waals surface area contributed by atoms with E-state index in [1.807, 2.05) is 0 Å². The number of hydrogen-bond acceptors (Lipinski definition) is 1. The van der Waals surface area contributed by atoms with Gasteiger partial charge in [0, 0.05) is 24.3 Å². The Kier molecular flexibility index (Phi) is 6.83. The average Bonchev–Trinajstić information content (AvgIpc) is 2.64. The topological polar surface area (TPSA) is 19.9 Å². The van der Waals surface area contributed by atoms with Gasteiger partial charge >= 0.3 is 0 Å². The maximum atomic E-state index is 2.37. The second kappa shape index (κ2) is 8.87. The summed E-state index contributed by atoms with van der Waals surface area (Å²) in [6.45, 7) is 11.1. The summed E-state index contributed by atoms with van der Waals surface area (Å²) in [6.07, 6.45) is 5.57. The predicted octanol–water partition coefficient (Wildman–Crippen LogP) is 4.74. The second-order valence-corrected chi connectivity index (χ2v) is 7.13. The third-order valence-corrected chi connectivity index (χ3v) is 4.96. The Hall–Kier alpha value is -2.06. The molecule has 0 aliphatic rings. The fraction of sp³-hybridized carbons (Fsp3) is 0.391. The quantitative estimate of drug-likeness (QED) is 0.690. The molecule has 2 nitrogen and oxygen atoms in total. The van der Waals surface area contributed by atoms with Gasteiger partial charge in [-0.05, 0) is 49.4 Å². The maximum Gasteiger partial charge on any atom is 0.133 e. The zero-order valence-electron chi connectivity index (χ0n) is 16.4. The van der Waals surface area contributed by atoms with E-state index >= 15 is 0 Å². The SMILES string of the molecule is CCN(CC)c1ccc(/C=C/CC(C)(C)c2ccccc2[NH2+]C)cc1. The molecule has 0 unspecified atom stereocenters. The summed E-state index contributed by atoms with van der Waals surface area (Å²) < 4.78 is 0. The van der Waals surface area contributed by atoms with Crippen LogP contribution in [0.1, 0.15) is 45.2 Å². The molecule has 0 saturated carbocycles. The third-order valence-electron chi connectivity index (χ3n) is 4.96. The summed E-state index contributed by atoms with van der Waals surface area (Å²) in [6, 6.07) is 17.6. The highest BCUT2D eigenvalue weighted by molar-refractivity contribution is 5.56. The first-order chi connectivity index (χ1) is 12.0. The van der Waals surface area contributed by atoms with E-state index in [0.29, 0.717) is 0 Å². The molecule has 0 fully saturated rings. The first-order valence-electron chi connectivity index (χ1n) is 9.42. The van der Waals surface area contributed by atoms with Crippen LogP contribution in [0.15, 0.2) is 54.6 Å². The average molecular weight is 338 g/mol. The number of quaternary nitrogens is 1. The van der Waals surface area contributed by atoms with Crippen LogP contribution in [0.3, 0.4) is 0 Å². The van der Waals surface area contributed by atoms with Gasteiger partial charge in [-0.1, -0.05) is 56.3 Å². The predicted molar refractivity (Wildman–Crippen MR) is 111 cm³/mol. The number of nitrogens with zero attached hydrogens (tertiary/aromatic N) is 1. The van der Waals surface area contributed by atoms with E-state index in [-0.39, 0.29) is 5.41 Å².